The van der Waals surface area contributed by atoms with Crippen molar-refractivity contribution in [2.45, 2.75) is 16.5 Å². The largest absolute Gasteiger partial charge is 0.326 e. The molecule has 1 aromatic carbocycles. The highest BCUT2D eigenvalue weighted by Gasteiger charge is 2.02. The maximum atomic E-state index is 5.59. The average molecular weight is 296 g/mol. The van der Waals surface area contributed by atoms with Crippen LogP contribution in [0.1, 0.15) is 5.56 Å². The van der Waals surface area contributed by atoms with E-state index in [0.717, 1.165) is 20.0 Å². The molecule has 0 spiro atoms. The number of hydrogen-bond acceptors (Lipinski definition) is 4. The summed E-state index contributed by atoms with van der Waals surface area (Å²) in [5, 5.41) is 0.884. The Bertz CT molecular complexity index is 476. The fourth-order valence-electron chi connectivity index (χ4n) is 1.22. The molecular weight excluding hydrogens is 286 g/mol. The van der Waals surface area contributed by atoms with E-state index >= 15 is 0 Å². The topological polar surface area (TPSA) is 51.8 Å². The van der Waals surface area contributed by atoms with Crippen LogP contribution in [0.3, 0.4) is 0 Å². The zero-order chi connectivity index (χ0) is 11.4. The van der Waals surface area contributed by atoms with Crippen LogP contribution < -0.4 is 5.73 Å². The lowest BCUT2D eigenvalue weighted by Crippen LogP contribution is -1.96. The number of rotatable bonds is 3. The first kappa shape index (κ1) is 11.6. The first-order chi connectivity index (χ1) is 7.79. The van der Waals surface area contributed by atoms with E-state index in [0.29, 0.717) is 6.54 Å². The summed E-state index contributed by atoms with van der Waals surface area (Å²) < 4.78 is 1.03. The lowest BCUT2D eigenvalue weighted by atomic mass is 10.2. The maximum absolute atomic E-state index is 5.59. The van der Waals surface area contributed by atoms with Crippen molar-refractivity contribution in [1.29, 1.82) is 0 Å². The summed E-state index contributed by atoms with van der Waals surface area (Å²) in [6.07, 6.45) is 5.10. The van der Waals surface area contributed by atoms with Gasteiger partial charge in [-0.15, -0.1) is 0 Å². The minimum atomic E-state index is 0.538. The Morgan fingerprint density at radius 1 is 1.31 bits per heavy atom. The van der Waals surface area contributed by atoms with E-state index in [1.807, 2.05) is 18.2 Å². The Kier molecular flexibility index (Phi) is 3.93. The molecular formula is C11H10BrN3S. The normalized spacial score (nSPS) is 10.4. The molecule has 82 valence electrons. The molecule has 1 aromatic heterocycles. The second kappa shape index (κ2) is 5.43. The van der Waals surface area contributed by atoms with E-state index in [1.54, 1.807) is 30.4 Å². The quantitative estimate of drug-likeness (QED) is 0.946. The number of benzene rings is 1. The van der Waals surface area contributed by atoms with E-state index < -0.39 is 0 Å². The Balaban J connectivity index is 2.20. The molecule has 0 aliphatic rings. The van der Waals surface area contributed by atoms with E-state index in [-0.39, 0.29) is 0 Å². The summed E-state index contributed by atoms with van der Waals surface area (Å²) in [6.45, 7) is 0.538. The molecule has 0 aliphatic heterocycles. The summed E-state index contributed by atoms with van der Waals surface area (Å²) in [5.41, 5.74) is 6.69. The molecule has 0 bridgehead atoms. The predicted octanol–water partition coefficient (Wildman–Crippen LogP) is 2.85. The van der Waals surface area contributed by atoms with Gasteiger partial charge in [0.1, 0.15) is 5.03 Å². The minimum Gasteiger partial charge on any atom is -0.326 e. The van der Waals surface area contributed by atoms with Crippen molar-refractivity contribution in [3.63, 3.8) is 0 Å². The minimum absolute atomic E-state index is 0.538. The molecule has 2 N–H and O–H groups in total. The number of halogens is 1. The molecule has 0 saturated heterocycles. The SMILES string of the molecule is NCc1ccc(Sc2cnccn2)cc1Br. The van der Waals surface area contributed by atoms with Gasteiger partial charge in [-0.25, -0.2) is 4.98 Å². The van der Waals surface area contributed by atoms with Gasteiger partial charge in [-0.3, -0.25) is 4.98 Å². The highest BCUT2D eigenvalue weighted by atomic mass is 79.9. The molecule has 2 rings (SSSR count). The maximum Gasteiger partial charge on any atom is 0.119 e. The van der Waals surface area contributed by atoms with Gasteiger partial charge in [0.25, 0.3) is 0 Å². The lowest BCUT2D eigenvalue weighted by molar-refractivity contribution is 1.05. The van der Waals surface area contributed by atoms with Crippen LogP contribution in [-0.4, -0.2) is 9.97 Å². The van der Waals surface area contributed by atoms with Crippen LogP contribution in [0.4, 0.5) is 0 Å². The molecule has 2 aromatic rings. The van der Waals surface area contributed by atoms with E-state index in [9.17, 15) is 0 Å². The first-order valence-corrected chi connectivity index (χ1v) is 6.33. The molecule has 0 amide bonds. The van der Waals surface area contributed by atoms with Crippen molar-refractivity contribution < 1.29 is 0 Å². The molecule has 0 atom stereocenters. The highest BCUT2D eigenvalue weighted by Crippen LogP contribution is 2.29. The van der Waals surface area contributed by atoms with Crippen LogP contribution in [0, 0.1) is 0 Å². The third kappa shape index (κ3) is 2.81. The van der Waals surface area contributed by atoms with E-state index in [1.165, 1.54) is 0 Å². The Morgan fingerprint density at radius 3 is 2.81 bits per heavy atom. The van der Waals surface area contributed by atoms with Gasteiger partial charge in [-0.05, 0) is 17.7 Å². The first-order valence-electron chi connectivity index (χ1n) is 4.72. The third-order valence-corrected chi connectivity index (χ3v) is 3.65. The van der Waals surface area contributed by atoms with Crippen LogP contribution in [0.5, 0.6) is 0 Å². The van der Waals surface area contributed by atoms with Crippen molar-refractivity contribution in [1.82, 2.24) is 9.97 Å². The monoisotopic (exact) mass is 295 g/mol. The van der Waals surface area contributed by atoms with Gasteiger partial charge in [0, 0.05) is 28.3 Å². The number of aromatic nitrogens is 2. The van der Waals surface area contributed by atoms with Gasteiger partial charge < -0.3 is 5.73 Å². The van der Waals surface area contributed by atoms with Gasteiger partial charge in [0.15, 0.2) is 0 Å². The van der Waals surface area contributed by atoms with Crippen molar-refractivity contribution in [2.24, 2.45) is 5.73 Å². The van der Waals surface area contributed by atoms with Crippen LogP contribution in [-0.2, 0) is 6.54 Å². The Morgan fingerprint density at radius 2 is 2.19 bits per heavy atom. The number of hydrogen-bond donors (Lipinski definition) is 1. The third-order valence-electron chi connectivity index (χ3n) is 2.01. The second-order valence-corrected chi connectivity index (χ2v) is 5.05. The lowest BCUT2D eigenvalue weighted by Gasteiger charge is -2.04. The summed E-state index contributed by atoms with van der Waals surface area (Å²) in [4.78, 5) is 9.34. The van der Waals surface area contributed by atoms with Crippen LogP contribution >= 0.6 is 27.7 Å². The molecule has 0 unspecified atom stereocenters. The Hall–Kier alpha value is -0.910. The smallest absolute Gasteiger partial charge is 0.119 e. The van der Waals surface area contributed by atoms with E-state index in [2.05, 4.69) is 25.9 Å². The molecule has 1 heterocycles. The molecule has 5 heteroatoms. The fraction of sp³-hybridized carbons (Fsp3) is 0.0909. The molecule has 3 nitrogen and oxygen atoms in total. The summed E-state index contributed by atoms with van der Waals surface area (Å²) >= 11 is 5.07. The predicted molar refractivity (Wildman–Crippen MR) is 68.2 cm³/mol. The van der Waals surface area contributed by atoms with Crippen molar-refractivity contribution in [2.75, 3.05) is 0 Å². The number of nitrogens with two attached hydrogens (primary N) is 1. The molecule has 0 saturated carbocycles. The number of nitrogens with zero attached hydrogens (tertiary/aromatic N) is 2. The van der Waals surface area contributed by atoms with E-state index in [4.69, 9.17) is 5.73 Å². The molecule has 0 aliphatic carbocycles. The van der Waals surface area contributed by atoms with Crippen molar-refractivity contribution >= 4 is 27.7 Å². The molecule has 16 heavy (non-hydrogen) atoms. The molecule has 0 radical (unpaired) electrons. The zero-order valence-corrected chi connectivity index (χ0v) is 10.8. The van der Waals surface area contributed by atoms with Crippen LogP contribution in [0.15, 0.2) is 51.2 Å². The van der Waals surface area contributed by atoms with Crippen molar-refractivity contribution in [3.05, 3.63) is 46.8 Å². The summed E-state index contributed by atoms with van der Waals surface area (Å²) in [6, 6.07) is 6.09. The highest BCUT2D eigenvalue weighted by molar-refractivity contribution is 9.10. The van der Waals surface area contributed by atoms with Gasteiger partial charge >= 0.3 is 0 Å². The average Bonchev–Trinajstić information content (AvgIpc) is 2.31. The van der Waals surface area contributed by atoms with Crippen LogP contribution in [0.2, 0.25) is 0 Å². The second-order valence-electron chi connectivity index (χ2n) is 3.10. The van der Waals surface area contributed by atoms with Gasteiger partial charge in [0.05, 0.1) is 6.20 Å². The van der Waals surface area contributed by atoms with Gasteiger partial charge in [-0.1, -0.05) is 33.8 Å². The molecule has 0 fully saturated rings. The van der Waals surface area contributed by atoms with Gasteiger partial charge in [0.2, 0.25) is 0 Å². The summed E-state index contributed by atoms with van der Waals surface area (Å²) in [5.74, 6) is 0. The Labute approximate surface area is 107 Å². The fourth-order valence-corrected chi connectivity index (χ4v) is 2.69. The van der Waals surface area contributed by atoms with Crippen molar-refractivity contribution in [3.8, 4) is 0 Å². The van der Waals surface area contributed by atoms with Crippen LogP contribution in [0.25, 0.3) is 0 Å². The van der Waals surface area contributed by atoms with Gasteiger partial charge in [-0.2, -0.15) is 0 Å². The standard InChI is InChI=1S/C11H10BrN3S/c12-10-5-9(2-1-8(10)6-13)16-11-7-14-3-4-15-11/h1-5,7H,6,13H2. The summed E-state index contributed by atoms with van der Waals surface area (Å²) in [7, 11) is 0. The zero-order valence-electron chi connectivity index (χ0n) is 8.43.